The van der Waals surface area contributed by atoms with Crippen LogP contribution in [0.1, 0.15) is 5.56 Å². The highest BCUT2D eigenvalue weighted by molar-refractivity contribution is 5.58. The Balaban J connectivity index is 2.58. The predicted molar refractivity (Wildman–Crippen MR) is 48.7 cm³/mol. The molecule has 2 rings (SSSR count). The minimum Gasteiger partial charge on any atom is -0.345 e. The maximum atomic E-state index is 13.3. The monoisotopic (exact) mass is 187 g/mol. The Morgan fingerprint density at radius 2 is 2.29 bits per heavy atom. The molecule has 1 aromatic heterocycles. The van der Waals surface area contributed by atoms with Gasteiger partial charge < -0.3 is 4.98 Å². The van der Waals surface area contributed by atoms with Crippen LogP contribution in [0.15, 0.2) is 30.6 Å². The third-order valence-corrected chi connectivity index (χ3v) is 1.85. The third-order valence-electron chi connectivity index (χ3n) is 1.85. The maximum absolute atomic E-state index is 13.3. The van der Waals surface area contributed by atoms with Gasteiger partial charge in [-0.05, 0) is 18.2 Å². The quantitative estimate of drug-likeness (QED) is 0.743. The van der Waals surface area contributed by atoms with Crippen LogP contribution in [0.2, 0.25) is 0 Å². The van der Waals surface area contributed by atoms with E-state index in [-0.39, 0.29) is 5.82 Å². The average Bonchev–Trinajstić information content (AvgIpc) is 2.71. The molecule has 0 saturated heterocycles. The summed E-state index contributed by atoms with van der Waals surface area (Å²) >= 11 is 0. The molecule has 68 valence electrons. The van der Waals surface area contributed by atoms with Gasteiger partial charge >= 0.3 is 0 Å². The van der Waals surface area contributed by atoms with Crippen molar-refractivity contribution in [2.45, 2.75) is 0 Å². The molecule has 2 aromatic rings. The summed E-state index contributed by atoms with van der Waals surface area (Å²) in [6.07, 6.45) is 3.14. The van der Waals surface area contributed by atoms with Gasteiger partial charge in [0.05, 0.1) is 17.2 Å². The van der Waals surface area contributed by atoms with E-state index in [1.54, 1.807) is 6.20 Å². The maximum Gasteiger partial charge on any atom is 0.140 e. The molecule has 4 heteroatoms. The molecule has 1 aromatic carbocycles. The van der Waals surface area contributed by atoms with Crippen molar-refractivity contribution < 1.29 is 4.39 Å². The number of hydrogen-bond donors (Lipinski definition) is 1. The Bertz CT molecular complexity index is 483. The van der Waals surface area contributed by atoms with Crippen LogP contribution in [0.3, 0.4) is 0 Å². The molecule has 0 unspecified atom stereocenters. The van der Waals surface area contributed by atoms with Crippen molar-refractivity contribution in [3.05, 3.63) is 42.0 Å². The van der Waals surface area contributed by atoms with E-state index in [4.69, 9.17) is 5.26 Å². The first kappa shape index (κ1) is 8.45. The number of halogens is 1. The second-order valence-electron chi connectivity index (χ2n) is 2.74. The first-order valence-corrected chi connectivity index (χ1v) is 4.00. The molecule has 0 aliphatic heterocycles. The number of rotatable bonds is 1. The lowest BCUT2D eigenvalue weighted by atomic mass is 10.1. The van der Waals surface area contributed by atoms with Crippen molar-refractivity contribution >= 4 is 0 Å². The van der Waals surface area contributed by atoms with E-state index in [2.05, 4.69) is 9.97 Å². The molecule has 14 heavy (non-hydrogen) atoms. The van der Waals surface area contributed by atoms with Gasteiger partial charge in [0.1, 0.15) is 11.6 Å². The number of benzene rings is 1. The molecule has 3 nitrogen and oxygen atoms in total. The summed E-state index contributed by atoms with van der Waals surface area (Å²) in [6.45, 7) is 0. The van der Waals surface area contributed by atoms with E-state index in [0.29, 0.717) is 17.0 Å². The van der Waals surface area contributed by atoms with Gasteiger partial charge in [-0.25, -0.2) is 9.37 Å². The lowest BCUT2D eigenvalue weighted by Crippen LogP contribution is -1.87. The minimum absolute atomic E-state index is 0.314. The lowest BCUT2D eigenvalue weighted by molar-refractivity contribution is 0.630. The molecule has 0 saturated carbocycles. The van der Waals surface area contributed by atoms with Gasteiger partial charge in [0.25, 0.3) is 0 Å². The number of H-pyrrole nitrogens is 1. The molecule has 0 aliphatic rings. The fourth-order valence-electron chi connectivity index (χ4n) is 1.19. The van der Waals surface area contributed by atoms with Crippen LogP contribution in [0.4, 0.5) is 4.39 Å². The smallest absolute Gasteiger partial charge is 0.140 e. The normalized spacial score (nSPS) is 9.71. The number of aromatic nitrogens is 2. The van der Waals surface area contributed by atoms with Crippen LogP contribution in [0.25, 0.3) is 11.4 Å². The molecule has 0 radical (unpaired) electrons. The van der Waals surface area contributed by atoms with E-state index < -0.39 is 0 Å². The summed E-state index contributed by atoms with van der Waals surface area (Å²) in [5.41, 5.74) is 0.729. The first-order valence-electron chi connectivity index (χ1n) is 4.00. The van der Waals surface area contributed by atoms with E-state index >= 15 is 0 Å². The van der Waals surface area contributed by atoms with Crippen molar-refractivity contribution in [1.82, 2.24) is 9.97 Å². The molecule has 0 bridgehead atoms. The number of hydrogen-bond acceptors (Lipinski definition) is 2. The lowest BCUT2D eigenvalue weighted by Gasteiger charge is -1.99. The Morgan fingerprint density at radius 1 is 1.43 bits per heavy atom. The number of nitrogens with zero attached hydrogens (tertiary/aromatic N) is 2. The summed E-state index contributed by atoms with van der Waals surface area (Å²) in [4.78, 5) is 6.70. The molecule has 1 heterocycles. The Morgan fingerprint density at radius 3 is 2.93 bits per heavy atom. The summed E-state index contributed by atoms with van der Waals surface area (Å²) in [5, 5.41) is 8.65. The van der Waals surface area contributed by atoms with Gasteiger partial charge in [-0.3, -0.25) is 0 Å². The molecule has 0 aliphatic carbocycles. The minimum atomic E-state index is -0.390. The third kappa shape index (κ3) is 1.36. The van der Waals surface area contributed by atoms with Crippen molar-refractivity contribution in [2.75, 3.05) is 0 Å². The Labute approximate surface area is 79.8 Å². The van der Waals surface area contributed by atoms with E-state index in [9.17, 15) is 4.39 Å². The van der Waals surface area contributed by atoms with Crippen LogP contribution in [-0.2, 0) is 0 Å². The van der Waals surface area contributed by atoms with E-state index in [1.165, 1.54) is 24.4 Å². The number of nitrogens with one attached hydrogen (secondary N) is 1. The predicted octanol–water partition coefficient (Wildman–Crippen LogP) is 2.09. The van der Waals surface area contributed by atoms with Crippen LogP contribution < -0.4 is 0 Å². The molecule has 1 N–H and O–H groups in total. The zero-order valence-corrected chi connectivity index (χ0v) is 7.16. The van der Waals surface area contributed by atoms with Crippen LogP contribution in [0.5, 0.6) is 0 Å². The zero-order valence-electron chi connectivity index (χ0n) is 7.16. The fourth-order valence-corrected chi connectivity index (χ4v) is 1.19. The Hall–Kier alpha value is -2.15. The van der Waals surface area contributed by atoms with Gasteiger partial charge in [-0.2, -0.15) is 5.26 Å². The molecule has 0 amide bonds. The second-order valence-corrected chi connectivity index (χ2v) is 2.74. The fraction of sp³-hybridized carbons (Fsp3) is 0. The highest BCUT2D eigenvalue weighted by Crippen LogP contribution is 2.19. The Kier molecular flexibility index (Phi) is 1.99. The van der Waals surface area contributed by atoms with E-state index in [0.717, 1.165) is 0 Å². The van der Waals surface area contributed by atoms with Gasteiger partial charge in [-0.1, -0.05) is 0 Å². The molecule has 0 spiro atoms. The average molecular weight is 187 g/mol. The highest BCUT2D eigenvalue weighted by Gasteiger charge is 2.07. The van der Waals surface area contributed by atoms with Crippen LogP contribution in [0, 0.1) is 17.1 Å². The zero-order chi connectivity index (χ0) is 9.97. The van der Waals surface area contributed by atoms with Crippen molar-refractivity contribution in [1.29, 1.82) is 5.26 Å². The summed E-state index contributed by atoms with van der Waals surface area (Å²) < 4.78 is 13.3. The van der Waals surface area contributed by atoms with Crippen molar-refractivity contribution in [3.63, 3.8) is 0 Å². The number of nitriles is 1. The summed E-state index contributed by atoms with van der Waals surface area (Å²) in [7, 11) is 0. The first-order chi connectivity index (χ1) is 6.81. The SMILES string of the molecule is N#Cc1ccc(F)c(-c2ncc[nH]2)c1. The van der Waals surface area contributed by atoms with Gasteiger partial charge in [0, 0.05) is 12.4 Å². The molecular formula is C10H6FN3. The number of imidazole rings is 1. The van der Waals surface area contributed by atoms with Crippen molar-refractivity contribution in [3.8, 4) is 17.5 Å². The summed E-state index contributed by atoms with van der Waals surface area (Å²) in [6, 6.07) is 6.11. The largest absolute Gasteiger partial charge is 0.345 e. The van der Waals surface area contributed by atoms with Crippen LogP contribution in [-0.4, -0.2) is 9.97 Å². The van der Waals surface area contributed by atoms with Gasteiger partial charge in [-0.15, -0.1) is 0 Å². The summed E-state index contributed by atoms with van der Waals surface area (Å²) in [5.74, 6) is 0.0403. The standard InChI is InChI=1S/C10H6FN3/c11-9-2-1-7(6-12)5-8(9)10-13-3-4-14-10/h1-5H,(H,13,14). The molecular weight excluding hydrogens is 181 g/mol. The van der Waals surface area contributed by atoms with Crippen LogP contribution >= 0.6 is 0 Å². The van der Waals surface area contributed by atoms with Crippen molar-refractivity contribution in [2.24, 2.45) is 0 Å². The molecule has 0 fully saturated rings. The van der Waals surface area contributed by atoms with Gasteiger partial charge in [0.2, 0.25) is 0 Å². The molecule has 0 atom stereocenters. The number of aromatic amines is 1. The highest BCUT2D eigenvalue weighted by atomic mass is 19.1. The topological polar surface area (TPSA) is 52.5 Å². The van der Waals surface area contributed by atoms with E-state index in [1.807, 2.05) is 6.07 Å². The second kappa shape index (κ2) is 3.30. The van der Waals surface area contributed by atoms with Gasteiger partial charge in [0.15, 0.2) is 0 Å².